The number of amides is 1. The van der Waals surface area contributed by atoms with Gasteiger partial charge in [0.2, 0.25) is 0 Å². The standard InChI is InChI=1S/C23H24N4O2S/c1-2-16-14-20(28)27-21(25-16)15-7-5-8-17(13-15)26-22(29)19-11-6-12-24-23(19)30-18-9-3-4-10-18/h5-8,11-14,18H,2-4,9-10H2,1H3,(H,26,29)(H,25,27,28). The first-order chi connectivity index (χ1) is 14.6. The van der Waals surface area contributed by atoms with E-state index in [1.807, 2.05) is 37.3 Å². The monoisotopic (exact) mass is 420 g/mol. The lowest BCUT2D eigenvalue weighted by molar-refractivity contribution is 0.102. The third kappa shape index (κ3) is 4.79. The molecule has 0 spiro atoms. The molecule has 6 nitrogen and oxygen atoms in total. The van der Waals surface area contributed by atoms with Crippen molar-refractivity contribution in [3.8, 4) is 11.4 Å². The molecular formula is C23H24N4O2S. The van der Waals surface area contributed by atoms with Crippen molar-refractivity contribution in [3.05, 3.63) is 70.3 Å². The van der Waals surface area contributed by atoms with Gasteiger partial charge in [0, 0.05) is 34.5 Å². The molecule has 1 amide bonds. The third-order valence-corrected chi connectivity index (χ3v) is 6.50. The summed E-state index contributed by atoms with van der Waals surface area (Å²) < 4.78 is 0. The number of aromatic amines is 1. The molecule has 154 valence electrons. The highest BCUT2D eigenvalue weighted by Crippen LogP contribution is 2.35. The number of benzene rings is 1. The second-order valence-electron chi connectivity index (χ2n) is 7.35. The number of aryl methyl sites for hydroxylation is 1. The molecule has 2 aromatic heterocycles. The molecule has 3 aromatic rings. The van der Waals surface area contributed by atoms with E-state index in [0.29, 0.717) is 28.7 Å². The Labute approximate surface area is 179 Å². The van der Waals surface area contributed by atoms with E-state index in [1.54, 1.807) is 24.0 Å². The lowest BCUT2D eigenvalue weighted by Crippen LogP contribution is -2.14. The molecule has 0 saturated heterocycles. The van der Waals surface area contributed by atoms with Crippen molar-refractivity contribution in [2.45, 2.75) is 49.3 Å². The Morgan fingerprint density at radius 3 is 2.83 bits per heavy atom. The highest BCUT2D eigenvalue weighted by molar-refractivity contribution is 7.99. The van der Waals surface area contributed by atoms with Gasteiger partial charge in [-0.2, -0.15) is 0 Å². The van der Waals surface area contributed by atoms with Crippen LogP contribution in [0.25, 0.3) is 11.4 Å². The van der Waals surface area contributed by atoms with Crippen molar-refractivity contribution >= 4 is 23.4 Å². The Morgan fingerprint density at radius 2 is 2.03 bits per heavy atom. The van der Waals surface area contributed by atoms with E-state index in [1.165, 1.54) is 31.7 Å². The van der Waals surface area contributed by atoms with Gasteiger partial charge in [0.1, 0.15) is 10.9 Å². The first kappa shape index (κ1) is 20.3. The van der Waals surface area contributed by atoms with E-state index in [0.717, 1.165) is 16.3 Å². The van der Waals surface area contributed by atoms with Gasteiger partial charge in [-0.1, -0.05) is 31.9 Å². The highest BCUT2D eigenvalue weighted by Gasteiger charge is 2.21. The molecular weight excluding hydrogens is 396 g/mol. The average Bonchev–Trinajstić information content (AvgIpc) is 3.27. The van der Waals surface area contributed by atoms with Crippen LogP contribution in [0.15, 0.2) is 58.5 Å². The summed E-state index contributed by atoms with van der Waals surface area (Å²) in [5, 5.41) is 4.27. The maximum absolute atomic E-state index is 13.0. The minimum absolute atomic E-state index is 0.185. The molecule has 1 fully saturated rings. The molecule has 2 N–H and O–H groups in total. The number of thioether (sulfide) groups is 1. The Kier molecular flexibility index (Phi) is 6.28. The van der Waals surface area contributed by atoms with Gasteiger partial charge >= 0.3 is 0 Å². The van der Waals surface area contributed by atoms with E-state index < -0.39 is 0 Å². The van der Waals surface area contributed by atoms with Crippen LogP contribution in [-0.4, -0.2) is 26.1 Å². The first-order valence-electron chi connectivity index (χ1n) is 10.3. The van der Waals surface area contributed by atoms with Gasteiger partial charge in [0.25, 0.3) is 11.5 Å². The van der Waals surface area contributed by atoms with Gasteiger partial charge in [0.05, 0.1) is 5.56 Å². The Morgan fingerprint density at radius 1 is 1.20 bits per heavy atom. The Hall–Kier alpha value is -2.93. The lowest BCUT2D eigenvalue weighted by Gasteiger charge is -2.13. The summed E-state index contributed by atoms with van der Waals surface area (Å²) in [5.41, 5.74) is 2.51. The minimum Gasteiger partial charge on any atom is -0.322 e. The fraction of sp³-hybridized carbons (Fsp3) is 0.304. The van der Waals surface area contributed by atoms with Crippen LogP contribution in [-0.2, 0) is 6.42 Å². The van der Waals surface area contributed by atoms with E-state index in [-0.39, 0.29) is 11.5 Å². The first-order valence-corrected chi connectivity index (χ1v) is 11.1. The molecule has 0 radical (unpaired) electrons. The van der Waals surface area contributed by atoms with Gasteiger partial charge in [0.15, 0.2) is 0 Å². The van der Waals surface area contributed by atoms with Crippen LogP contribution in [0, 0.1) is 0 Å². The SMILES string of the molecule is CCc1cc(=O)[nH]c(-c2cccc(NC(=O)c3cccnc3SC3CCCC3)c2)n1. The molecule has 2 heterocycles. The molecule has 1 aliphatic rings. The quantitative estimate of drug-likeness (QED) is 0.604. The Balaban J connectivity index is 1.56. The van der Waals surface area contributed by atoms with Crippen LogP contribution in [0.3, 0.4) is 0 Å². The summed E-state index contributed by atoms with van der Waals surface area (Å²) in [4.78, 5) is 36.6. The molecule has 0 aliphatic heterocycles. The fourth-order valence-electron chi connectivity index (χ4n) is 3.59. The van der Waals surface area contributed by atoms with E-state index >= 15 is 0 Å². The van der Waals surface area contributed by atoms with Gasteiger partial charge in [-0.05, 0) is 43.5 Å². The van der Waals surface area contributed by atoms with E-state index in [2.05, 4.69) is 20.3 Å². The number of H-pyrrole nitrogens is 1. The number of pyridine rings is 1. The van der Waals surface area contributed by atoms with Crippen molar-refractivity contribution in [2.24, 2.45) is 0 Å². The third-order valence-electron chi connectivity index (χ3n) is 5.15. The number of nitrogens with one attached hydrogen (secondary N) is 2. The minimum atomic E-state index is -0.190. The molecule has 0 atom stereocenters. The maximum atomic E-state index is 13.0. The number of hydrogen-bond acceptors (Lipinski definition) is 5. The normalized spacial score (nSPS) is 14.0. The summed E-state index contributed by atoms with van der Waals surface area (Å²) in [5.74, 6) is 0.304. The van der Waals surface area contributed by atoms with Crippen LogP contribution in [0.5, 0.6) is 0 Å². The van der Waals surface area contributed by atoms with Crippen LogP contribution >= 0.6 is 11.8 Å². The van der Waals surface area contributed by atoms with Crippen LogP contribution < -0.4 is 10.9 Å². The highest BCUT2D eigenvalue weighted by atomic mass is 32.2. The molecule has 1 saturated carbocycles. The largest absolute Gasteiger partial charge is 0.322 e. The zero-order valence-corrected chi connectivity index (χ0v) is 17.7. The number of rotatable bonds is 6. The molecule has 1 aromatic carbocycles. The summed E-state index contributed by atoms with van der Waals surface area (Å²) in [7, 11) is 0. The lowest BCUT2D eigenvalue weighted by atomic mass is 10.1. The van der Waals surface area contributed by atoms with Gasteiger partial charge in [-0.15, -0.1) is 11.8 Å². The summed E-state index contributed by atoms with van der Waals surface area (Å²) in [6, 6.07) is 12.4. The fourth-order valence-corrected chi connectivity index (χ4v) is 4.88. The zero-order valence-electron chi connectivity index (χ0n) is 16.9. The Bertz CT molecular complexity index is 1110. The predicted octanol–water partition coefficient (Wildman–Crippen LogP) is 4.68. The molecule has 7 heteroatoms. The van der Waals surface area contributed by atoms with Crippen LogP contribution in [0.4, 0.5) is 5.69 Å². The summed E-state index contributed by atoms with van der Waals surface area (Å²) in [6.07, 6.45) is 7.24. The van der Waals surface area contributed by atoms with Gasteiger partial charge in [-0.3, -0.25) is 9.59 Å². The van der Waals surface area contributed by atoms with Crippen molar-refractivity contribution in [3.63, 3.8) is 0 Å². The molecule has 0 unspecified atom stereocenters. The summed E-state index contributed by atoms with van der Waals surface area (Å²) in [6.45, 7) is 1.96. The molecule has 4 rings (SSSR count). The van der Waals surface area contributed by atoms with Crippen LogP contribution in [0.2, 0.25) is 0 Å². The number of aromatic nitrogens is 3. The average molecular weight is 421 g/mol. The van der Waals surface area contributed by atoms with Gasteiger partial charge in [-0.25, -0.2) is 9.97 Å². The zero-order chi connectivity index (χ0) is 20.9. The molecule has 0 bridgehead atoms. The number of nitrogens with zero attached hydrogens (tertiary/aromatic N) is 2. The van der Waals surface area contributed by atoms with Crippen molar-refractivity contribution in [1.29, 1.82) is 0 Å². The number of anilines is 1. The second kappa shape index (κ2) is 9.26. The number of carbonyl (C=O) groups excluding carboxylic acids is 1. The predicted molar refractivity (Wildman–Crippen MR) is 120 cm³/mol. The second-order valence-corrected chi connectivity index (χ2v) is 8.64. The maximum Gasteiger partial charge on any atom is 0.258 e. The topological polar surface area (TPSA) is 87.7 Å². The molecule has 1 aliphatic carbocycles. The summed E-state index contributed by atoms with van der Waals surface area (Å²) >= 11 is 1.70. The number of carbonyl (C=O) groups is 1. The number of hydrogen-bond donors (Lipinski definition) is 2. The van der Waals surface area contributed by atoms with Crippen molar-refractivity contribution in [2.75, 3.05) is 5.32 Å². The van der Waals surface area contributed by atoms with Gasteiger partial charge < -0.3 is 10.3 Å². The van der Waals surface area contributed by atoms with E-state index in [4.69, 9.17) is 0 Å². The van der Waals surface area contributed by atoms with Crippen molar-refractivity contribution < 1.29 is 4.79 Å². The van der Waals surface area contributed by atoms with Crippen LogP contribution in [0.1, 0.15) is 48.7 Å². The van der Waals surface area contributed by atoms with Crippen molar-refractivity contribution in [1.82, 2.24) is 15.0 Å². The smallest absolute Gasteiger partial charge is 0.258 e. The van der Waals surface area contributed by atoms with E-state index in [9.17, 15) is 9.59 Å². The molecule has 30 heavy (non-hydrogen) atoms.